The lowest BCUT2D eigenvalue weighted by Crippen LogP contribution is -2.41. The summed E-state index contributed by atoms with van der Waals surface area (Å²) in [5.41, 5.74) is 0.280. The zero-order valence-electron chi connectivity index (χ0n) is 12.2. The molecule has 1 aromatic heterocycles. The van der Waals surface area contributed by atoms with Crippen molar-refractivity contribution in [2.75, 3.05) is 5.75 Å². The Labute approximate surface area is 136 Å². The predicted octanol–water partition coefficient (Wildman–Crippen LogP) is 1.46. The highest BCUT2D eigenvalue weighted by Gasteiger charge is 2.21. The van der Waals surface area contributed by atoms with E-state index in [-0.39, 0.29) is 17.7 Å². The van der Waals surface area contributed by atoms with Gasteiger partial charge in [-0.3, -0.25) is 14.0 Å². The topological polar surface area (TPSA) is 96.4 Å². The summed E-state index contributed by atoms with van der Waals surface area (Å²) >= 11 is 0. The summed E-state index contributed by atoms with van der Waals surface area (Å²) in [7, 11) is -1.31. The number of benzene rings is 1. The molecule has 0 saturated heterocycles. The van der Waals surface area contributed by atoms with E-state index in [1.807, 2.05) is 6.07 Å². The molecule has 0 bridgehead atoms. The fourth-order valence-corrected chi connectivity index (χ4v) is 3.06. The third-order valence-corrected chi connectivity index (χ3v) is 4.53. The SMILES string of the molecule is O=C(N[C@H](CC[S@@](=O)c1ccccc1)C(=O)O)c1cccnc1. The molecule has 0 unspecified atom stereocenters. The van der Waals surface area contributed by atoms with Crippen molar-refractivity contribution < 1.29 is 18.9 Å². The molecule has 2 N–H and O–H groups in total. The Hall–Kier alpha value is -2.54. The second-order valence-electron chi connectivity index (χ2n) is 4.76. The summed E-state index contributed by atoms with van der Waals surface area (Å²) in [4.78, 5) is 27.7. The quantitative estimate of drug-likeness (QED) is 0.800. The smallest absolute Gasteiger partial charge is 0.326 e. The van der Waals surface area contributed by atoms with Gasteiger partial charge in [0.05, 0.1) is 16.4 Å². The molecule has 0 aliphatic heterocycles. The highest BCUT2D eigenvalue weighted by Crippen LogP contribution is 2.08. The van der Waals surface area contributed by atoms with Crippen LogP contribution in [0.25, 0.3) is 0 Å². The van der Waals surface area contributed by atoms with E-state index in [2.05, 4.69) is 10.3 Å². The molecule has 120 valence electrons. The van der Waals surface area contributed by atoms with Crippen molar-refractivity contribution in [1.82, 2.24) is 10.3 Å². The minimum atomic E-state index is -1.31. The van der Waals surface area contributed by atoms with Crippen molar-refractivity contribution in [3.8, 4) is 0 Å². The number of hydrogen-bond acceptors (Lipinski definition) is 4. The van der Waals surface area contributed by atoms with Gasteiger partial charge in [0.15, 0.2) is 0 Å². The van der Waals surface area contributed by atoms with Gasteiger partial charge in [0.1, 0.15) is 6.04 Å². The highest BCUT2D eigenvalue weighted by molar-refractivity contribution is 7.85. The summed E-state index contributed by atoms with van der Waals surface area (Å²) < 4.78 is 12.1. The van der Waals surface area contributed by atoms with E-state index in [0.29, 0.717) is 4.90 Å². The van der Waals surface area contributed by atoms with Crippen LogP contribution in [0.5, 0.6) is 0 Å². The second kappa shape index (κ2) is 8.19. The normalized spacial score (nSPS) is 13.0. The van der Waals surface area contributed by atoms with Crippen LogP contribution in [0.2, 0.25) is 0 Å². The first-order valence-corrected chi connectivity index (χ1v) is 8.27. The fraction of sp³-hybridized carbons (Fsp3) is 0.188. The van der Waals surface area contributed by atoms with Gasteiger partial charge in [-0.1, -0.05) is 18.2 Å². The molecule has 2 rings (SSSR count). The standard InChI is InChI=1S/C16H16N2O4S/c19-15(12-5-4-9-17-11-12)18-14(16(20)21)8-10-23(22)13-6-2-1-3-7-13/h1-7,9,11,14H,8,10H2,(H,18,19)(H,20,21)/t14-,23-/m1/s1. The number of aromatic nitrogens is 1. The molecular weight excluding hydrogens is 316 g/mol. The van der Waals surface area contributed by atoms with E-state index in [4.69, 9.17) is 0 Å². The number of aliphatic carboxylic acids is 1. The molecule has 6 nitrogen and oxygen atoms in total. The van der Waals surface area contributed by atoms with E-state index in [1.165, 1.54) is 12.4 Å². The first kappa shape index (κ1) is 16.8. The Bertz CT molecular complexity index is 692. The Morgan fingerprint density at radius 1 is 1.17 bits per heavy atom. The van der Waals surface area contributed by atoms with Crippen LogP contribution in [0.4, 0.5) is 0 Å². The molecule has 23 heavy (non-hydrogen) atoms. The monoisotopic (exact) mass is 332 g/mol. The van der Waals surface area contributed by atoms with Crippen molar-refractivity contribution in [1.29, 1.82) is 0 Å². The van der Waals surface area contributed by atoms with Gasteiger partial charge in [0.2, 0.25) is 0 Å². The molecule has 1 aromatic carbocycles. The molecular formula is C16H16N2O4S. The Balaban J connectivity index is 1.96. The molecule has 0 aliphatic carbocycles. The molecule has 1 heterocycles. The zero-order chi connectivity index (χ0) is 16.7. The Morgan fingerprint density at radius 2 is 1.91 bits per heavy atom. The van der Waals surface area contributed by atoms with Gasteiger partial charge in [-0.2, -0.15) is 0 Å². The molecule has 0 aliphatic rings. The first-order chi connectivity index (χ1) is 11.1. The van der Waals surface area contributed by atoms with Gasteiger partial charge in [-0.25, -0.2) is 4.79 Å². The lowest BCUT2D eigenvalue weighted by Gasteiger charge is -2.14. The minimum absolute atomic E-state index is 0.0723. The van der Waals surface area contributed by atoms with Crippen LogP contribution in [0.1, 0.15) is 16.8 Å². The molecule has 0 spiro atoms. The van der Waals surface area contributed by atoms with Crippen LogP contribution in [0.15, 0.2) is 59.8 Å². The van der Waals surface area contributed by atoms with Crippen LogP contribution in [-0.2, 0) is 15.6 Å². The van der Waals surface area contributed by atoms with Crippen LogP contribution in [0.3, 0.4) is 0 Å². The lowest BCUT2D eigenvalue weighted by molar-refractivity contribution is -0.139. The van der Waals surface area contributed by atoms with Gasteiger partial charge < -0.3 is 10.4 Å². The Kier molecular flexibility index (Phi) is 5.99. The molecule has 0 saturated carbocycles. The van der Waals surface area contributed by atoms with E-state index < -0.39 is 28.7 Å². The molecule has 0 radical (unpaired) electrons. The molecule has 7 heteroatoms. The number of carbonyl (C=O) groups is 2. The number of carboxylic acids is 1. The van der Waals surface area contributed by atoms with Crippen molar-refractivity contribution in [3.05, 3.63) is 60.4 Å². The van der Waals surface area contributed by atoms with E-state index in [9.17, 15) is 18.9 Å². The lowest BCUT2D eigenvalue weighted by atomic mass is 10.2. The maximum Gasteiger partial charge on any atom is 0.326 e. The number of nitrogens with zero attached hydrogens (tertiary/aromatic N) is 1. The number of hydrogen-bond donors (Lipinski definition) is 2. The molecule has 0 fully saturated rings. The third-order valence-electron chi connectivity index (χ3n) is 3.13. The predicted molar refractivity (Wildman–Crippen MR) is 85.5 cm³/mol. The molecule has 2 atom stereocenters. The summed E-state index contributed by atoms with van der Waals surface area (Å²) in [5.74, 6) is -1.53. The van der Waals surface area contributed by atoms with E-state index in [0.717, 1.165) is 0 Å². The van der Waals surface area contributed by atoms with Gasteiger partial charge in [0.25, 0.3) is 5.91 Å². The fourth-order valence-electron chi connectivity index (χ4n) is 1.91. The Morgan fingerprint density at radius 3 is 2.52 bits per heavy atom. The van der Waals surface area contributed by atoms with Crippen molar-refractivity contribution in [3.63, 3.8) is 0 Å². The van der Waals surface area contributed by atoms with Crippen LogP contribution < -0.4 is 5.32 Å². The number of amides is 1. The second-order valence-corrected chi connectivity index (χ2v) is 6.33. The summed E-state index contributed by atoms with van der Waals surface area (Å²) in [6.07, 6.45) is 2.95. The first-order valence-electron chi connectivity index (χ1n) is 6.95. The van der Waals surface area contributed by atoms with Crippen molar-refractivity contribution in [2.24, 2.45) is 0 Å². The van der Waals surface area contributed by atoms with Crippen LogP contribution >= 0.6 is 0 Å². The average molecular weight is 332 g/mol. The van der Waals surface area contributed by atoms with Gasteiger partial charge in [-0.15, -0.1) is 0 Å². The number of nitrogens with one attached hydrogen (secondary N) is 1. The van der Waals surface area contributed by atoms with Gasteiger partial charge >= 0.3 is 5.97 Å². The average Bonchev–Trinajstić information content (AvgIpc) is 2.59. The number of rotatable bonds is 7. The zero-order valence-corrected chi connectivity index (χ0v) is 13.0. The van der Waals surface area contributed by atoms with Crippen LogP contribution in [0, 0.1) is 0 Å². The van der Waals surface area contributed by atoms with Gasteiger partial charge in [0, 0.05) is 23.0 Å². The van der Waals surface area contributed by atoms with E-state index >= 15 is 0 Å². The van der Waals surface area contributed by atoms with Gasteiger partial charge in [-0.05, 0) is 30.7 Å². The maximum atomic E-state index is 12.1. The van der Waals surface area contributed by atoms with E-state index in [1.54, 1.807) is 36.4 Å². The molecule has 2 aromatic rings. The molecule has 1 amide bonds. The number of carbonyl (C=O) groups excluding carboxylic acids is 1. The number of carboxylic acid groups (broad SMARTS) is 1. The highest BCUT2D eigenvalue weighted by atomic mass is 32.2. The maximum absolute atomic E-state index is 12.1. The van der Waals surface area contributed by atoms with Crippen molar-refractivity contribution in [2.45, 2.75) is 17.4 Å². The summed E-state index contributed by atoms with van der Waals surface area (Å²) in [5, 5.41) is 11.6. The minimum Gasteiger partial charge on any atom is -0.480 e. The summed E-state index contributed by atoms with van der Waals surface area (Å²) in [6, 6.07) is 10.8. The van der Waals surface area contributed by atoms with Crippen LogP contribution in [-0.4, -0.2) is 38.0 Å². The summed E-state index contributed by atoms with van der Waals surface area (Å²) in [6.45, 7) is 0. The third kappa shape index (κ3) is 5.00. The van der Waals surface area contributed by atoms with Crippen molar-refractivity contribution >= 4 is 22.7 Å². The largest absolute Gasteiger partial charge is 0.480 e. The number of pyridine rings is 1.